The fourth-order valence-corrected chi connectivity index (χ4v) is 1.13. The van der Waals surface area contributed by atoms with E-state index in [-0.39, 0.29) is 5.41 Å². The molecule has 1 aromatic rings. The highest BCUT2D eigenvalue weighted by Crippen LogP contribution is 2.20. The van der Waals surface area contributed by atoms with Crippen LogP contribution in [0.25, 0.3) is 0 Å². The standard InChI is InChI=1S/C10H19N3/c1-10(2,3)9-7-8(12-13-9)5-6-11-4/h7,11H,5-6H2,1-4H3,(H,12,13). The van der Waals surface area contributed by atoms with Gasteiger partial charge in [-0.3, -0.25) is 5.10 Å². The smallest absolute Gasteiger partial charge is 0.0678 e. The number of nitrogens with one attached hydrogen (secondary N) is 2. The van der Waals surface area contributed by atoms with Crippen molar-refractivity contribution in [2.24, 2.45) is 0 Å². The number of hydrogen-bond acceptors (Lipinski definition) is 2. The van der Waals surface area contributed by atoms with Gasteiger partial charge in [-0.05, 0) is 13.1 Å². The Morgan fingerprint density at radius 2 is 2.15 bits per heavy atom. The van der Waals surface area contributed by atoms with Gasteiger partial charge in [0.25, 0.3) is 0 Å². The molecule has 1 aromatic heterocycles. The third-order valence-corrected chi connectivity index (χ3v) is 2.04. The Kier molecular flexibility index (Phi) is 3.09. The van der Waals surface area contributed by atoms with Gasteiger partial charge in [-0.2, -0.15) is 5.10 Å². The maximum atomic E-state index is 4.29. The zero-order valence-electron chi connectivity index (χ0n) is 8.94. The molecule has 0 atom stereocenters. The molecule has 0 aliphatic carbocycles. The number of hydrogen-bond donors (Lipinski definition) is 2. The van der Waals surface area contributed by atoms with Gasteiger partial charge in [-0.1, -0.05) is 20.8 Å². The number of aromatic amines is 1. The molecular weight excluding hydrogens is 162 g/mol. The predicted molar refractivity (Wildman–Crippen MR) is 54.9 cm³/mol. The molecule has 74 valence electrons. The second kappa shape index (κ2) is 3.92. The fraction of sp³-hybridized carbons (Fsp3) is 0.700. The molecule has 3 heteroatoms. The molecule has 0 spiro atoms. The Hall–Kier alpha value is -0.830. The van der Waals surface area contributed by atoms with Crippen LogP contribution in [0.2, 0.25) is 0 Å². The number of nitrogens with zero attached hydrogens (tertiary/aromatic N) is 1. The van der Waals surface area contributed by atoms with Crippen LogP contribution < -0.4 is 5.32 Å². The molecule has 1 rings (SSSR count). The van der Waals surface area contributed by atoms with Crippen LogP contribution in [0.1, 0.15) is 32.2 Å². The lowest BCUT2D eigenvalue weighted by molar-refractivity contribution is 0.567. The summed E-state index contributed by atoms with van der Waals surface area (Å²) in [6, 6.07) is 2.15. The highest BCUT2D eigenvalue weighted by atomic mass is 15.1. The monoisotopic (exact) mass is 181 g/mol. The van der Waals surface area contributed by atoms with Crippen molar-refractivity contribution in [2.45, 2.75) is 32.6 Å². The number of H-pyrrole nitrogens is 1. The fourth-order valence-electron chi connectivity index (χ4n) is 1.13. The molecule has 1 heterocycles. The Labute approximate surface area is 79.9 Å². The molecule has 3 nitrogen and oxygen atoms in total. The van der Waals surface area contributed by atoms with Crippen LogP contribution in [0.5, 0.6) is 0 Å². The molecule has 0 bridgehead atoms. The van der Waals surface area contributed by atoms with Gasteiger partial charge in [0.2, 0.25) is 0 Å². The van der Waals surface area contributed by atoms with Gasteiger partial charge in [0.05, 0.1) is 5.69 Å². The average molecular weight is 181 g/mol. The zero-order valence-corrected chi connectivity index (χ0v) is 8.94. The van der Waals surface area contributed by atoms with Crippen LogP contribution in [0.15, 0.2) is 6.07 Å². The van der Waals surface area contributed by atoms with E-state index < -0.39 is 0 Å². The van der Waals surface area contributed by atoms with Crippen molar-refractivity contribution in [3.8, 4) is 0 Å². The molecule has 0 aromatic carbocycles. The zero-order chi connectivity index (χ0) is 9.90. The van der Waals surface area contributed by atoms with E-state index in [1.165, 1.54) is 5.69 Å². The summed E-state index contributed by atoms with van der Waals surface area (Å²) < 4.78 is 0. The topological polar surface area (TPSA) is 40.7 Å². The van der Waals surface area contributed by atoms with E-state index >= 15 is 0 Å². The molecule has 0 radical (unpaired) electrons. The lowest BCUT2D eigenvalue weighted by atomic mass is 9.92. The quantitative estimate of drug-likeness (QED) is 0.741. The summed E-state index contributed by atoms with van der Waals surface area (Å²) in [7, 11) is 1.96. The average Bonchev–Trinajstić information content (AvgIpc) is 2.47. The third-order valence-electron chi connectivity index (χ3n) is 2.04. The van der Waals surface area contributed by atoms with Crippen LogP contribution in [0.3, 0.4) is 0 Å². The Balaban J connectivity index is 2.64. The maximum Gasteiger partial charge on any atom is 0.0678 e. The molecular formula is C10H19N3. The van der Waals surface area contributed by atoms with Gasteiger partial charge in [0, 0.05) is 24.1 Å². The van der Waals surface area contributed by atoms with E-state index in [1.807, 2.05) is 7.05 Å². The minimum atomic E-state index is 0.147. The van der Waals surface area contributed by atoms with Gasteiger partial charge in [-0.25, -0.2) is 0 Å². The summed E-state index contributed by atoms with van der Waals surface area (Å²) in [5.74, 6) is 0. The molecule has 0 saturated carbocycles. The summed E-state index contributed by atoms with van der Waals surface area (Å²) in [5, 5.41) is 10.5. The van der Waals surface area contributed by atoms with E-state index in [2.05, 4.69) is 42.4 Å². The van der Waals surface area contributed by atoms with E-state index in [0.717, 1.165) is 18.7 Å². The largest absolute Gasteiger partial charge is 0.319 e. The Morgan fingerprint density at radius 1 is 1.46 bits per heavy atom. The normalized spacial score (nSPS) is 12.0. The summed E-state index contributed by atoms with van der Waals surface area (Å²) >= 11 is 0. The summed E-state index contributed by atoms with van der Waals surface area (Å²) in [5.41, 5.74) is 2.49. The van der Waals surface area contributed by atoms with Crippen LogP contribution in [-0.2, 0) is 11.8 Å². The summed E-state index contributed by atoms with van der Waals surface area (Å²) in [6.45, 7) is 7.51. The highest BCUT2D eigenvalue weighted by Gasteiger charge is 2.16. The third kappa shape index (κ3) is 2.84. The first kappa shape index (κ1) is 10.3. The van der Waals surface area contributed by atoms with Gasteiger partial charge in [0.1, 0.15) is 0 Å². The van der Waals surface area contributed by atoms with Crippen LogP contribution >= 0.6 is 0 Å². The van der Waals surface area contributed by atoms with Crippen molar-refractivity contribution in [1.29, 1.82) is 0 Å². The maximum absolute atomic E-state index is 4.29. The number of rotatable bonds is 3. The Morgan fingerprint density at radius 3 is 2.62 bits per heavy atom. The second-order valence-electron chi connectivity index (χ2n) is 4.38. The number of likely N-dealkylation sites (N-methyl/N-ethyl adjacent to an activating group) is 1. The predicted octanol–water partition coefficient (Wildman–Crippen LogP) is 1.47. The second-order valence-corrected chi connectivity index (χ2v) is 4.38. The van der Waals surface area contributed by atoms with Crippen molar-refractivity contribution in [1.82, 2.24) is 15.5 Å². The van der Waals surface area contributed by atoms with Gasteiger partial charge < -0.3 is 5.32 Å². The van der Waals surface area contributed by atoms with Gasteiger partial charge >= 0.3 is 0 Å². The molecule has 2 N–H and O–H groups in total. The van der Waals surface area contributed by atoms with Gasteiger partial charge in [0.15, 0.2) is 0 Å². The van der Waals surface area contributed by atoms with Crippen molar-refractivity contribution < 1.29 is 0 Å². The van der Waals surface area contributed by atoms with Crippen molar-refractivity contribution in [2.75, 3.05) is 13.6 Å². The van der Waals surface area contributed by atoms with Crippen molar-refractivity contribution in [3.63, 3.8) is 0 Å². The molecule has 0 aliphatic heterocycles. The van der Waals surface area contributed by atoms with Crippen molar-refractivity contribution in [3.05, 3.63) is 17.5 Å². The SMILES string of the molecule is CNCCc1cc(C(C)(C)C)n[nH]1. The van der Waals surface area contributed by atoms with E-state index in [1.54, 1.807) is 0 Å². The molecule has 0 unspecified atom stereocenters. The molecule has 13 heavy (non-hydrogen) atoms. The van der Waals surface area contributed by atoms with Gasteiger partial charge in [-0.15, -0.1) is 0 Å². The minimum Gasteiger partial charge on any atom is -0.319 e. The summed E-state index contributed by atoms with van der Waals surface area (Å²) in [6.07, 6.45) is 1.01. The van der Waals surface area contributed by atoms with Crippen molar-refractivity contribution >= 4 is 0 Å². The summed E-state index contributed by atoms with van der Waals surface area (Å²) in [4.78, 5) is 0. The molecule has 0 saturated heterocycles. The Bertz CT molecular complexity index is 257. The number of aromatic nitrogens is 2. The lowest BCUT2D eigenvalue weighted by Crippen LogP contribution is -2.11. The first-order chi connectivity index (χ1) is 6.04. The van der Waals surface area contributed by atoms with E-state index in [0.29, 0.717) is 0 Å². The van der Waals surface area contributed by atoms with E-state index in [9.17, 15) is 0 Å². The first-order valence-corrected chi connectivity index (χ1v) is 4.73. The molecule has 0 aliphatic rings. The van der Waals surface area contributed by atoms with E-state index in [4.69, 9.17) is 0 Å². The molecule has 0 amide bonds. The lowest BCUT2D eigenvalue weighted by Gasteiger charge is -2.13. The first-order valence-electron chi connectivity index (χ1n) is 4.73. The minimum absolute atomic E-state index is 0.147. The molecule has 0 fully saturated rings. The van der Waals surface area contributed by atoms with Crippen LogP contribution in [-0.4, -0.2) is 23.8 Å². The van der Waals surface area contributed by atoms with Crippen LogP contribution in [0, 0.1) is 0 Å². The van der Waals surface area contributed by atoms with Crippen LogP contribution in [0.4, 0.5) is 0 Å². The highest BCUT2D eigenvalue weighted by molar-refractivity contribution is 5.16.